The van der Waals surface area contributed by atoms with Gasteiger partial charge in [-0.05, 0) is 48.5 Å². The van der Waals surface area contributed by atoms with Crippen molar-refractivity contribution in [2.45, 2.75) is 4.90 Å². The second-order valence-electron chi connectivity index (χ2n) is 5.08. The summed E-state index contributed by atoms with van der Waals surface area (Å²) < 4.78 is 28.0. The molecule has 0 saturated carbocycles. The summed E-state index contributed by atoms with van der Waals surface area (Å²) in [5, 5.41) is 16.2. The minimum atomic E-state index is -3.75. The quantitative estimate of drug-likeness (QED) is 0.620. The summed E-state index contributed by atoms with van der Waals surface area (Å²) in [5.74, 6) is -0.443. The van der Waals surface area contributed by atoms with E-state index < -0.39 is 16.0 Å². The van der Waals surface area contributed by atoms with E-state index in [2.05, 4.69) is 5.32 Å². The number of thioether (sulfide) groups is 1. The van der Waals surface area contributed by atoms with Crippen LogP contribution in [0.1, 0.15) is 0 Å². The van der Waals surface area contributed by atoms with Crippen LogP contribution in [0.25, 0.3) is 0 Å². The molecule has 2 aromatic carbocycles. The smallest absolute Gasteiger partial charge is 0.313 e. The molecular formula is C16H16N2O6S2. The molecule has 138 valence electrons. The molecule has 8 nitrogen and oxygen atoms in total. The summed E-state index contributed by atoms with van der Waals surface area (Å²) in [6.07, 6.45) is 0. The molecule has 0 aliphatic rings. The molecule has 10 heteroatoms. The predicted octanol–water partition coefficient (Wildman–Crippen LogP) is 1.88. The van der Waals surface area contributed by atoms with E-state index >= 15 is 0 Å². The zero-order chi connectivity index (χ0) is 19.2. The van der Waals surface area contributed by atoms with Crippen LogP contribution in [0.2, 0.25) is 0 Å². The van der Waals surface area contributed by atoms with Crippen molar-refractivity contribution in [3.63, 3.8) is 0 Å². The van der Waals surface area contributed by atoms with E-state index in [4.69, 9.17) is 15.0 Å². The first kappa shape index (κ1) is 19.8. The van der Waals surface area contributed by atoms with Crippen LogP contribution in [0.4, 0.5) is 5.69 Å². The van der Waals surface area contributed by atoms with Gasteiger partial charge in [0.15, 0.2) is 0 Å². The van der Waals surface area contributed by atoms with E-state index in [0.29, 0.717) is 17.2 Å². The number of ether oxygens (including phenoxy) is 1. The number of carbonyl (C=O) groups is 2. The summed E-state index contributed by atoms with van der Waals surface area (Å²) in [5.41, 5.74) is 0.544. The standard InChI is InChI=1S/C16H16N2O6S2/c17-26(22,23)14-7-5-13(6-8-14)24-12-3-1-11(2-4-12)18-15(19)9-25-10-16(20)21/h1-8H,9-10H2,(H,18,19)(H,20,21)(H2,17,22,23). The van der Waals surface area contributed by atoms with E-state index in [0.717, 1.165) is 11.8 Å². The van der Waals surface area contributed by atoms with E-state index in [1.165, 1.54) is 24.3 Å². The first-order valence-corrected chi connectivity index (χ1v) is 9.94. The van der Waals surface area contributed by atoms with Gasteiger partial charge in [-0.3, -0.25) is 9.59 Å². The van der Waals surface area contributed by atoms with Crippen molar-refractivity contribution in [3.8, 4) is 11.5 Å². The summed E-state index contributed by atoms with van der Waals surface area (Å²) in [6, 6.07) is 12.2. The molecule has 2 rings (SSSR count). The molecule has 0 heterocycles. The van der Waals surface area contributed by atoms with Crippen molar-refractivity contribution in [1.82, 2.24) is 0 Å². The number of hydrogen-bond acceptors (Lipinski definition) is 6. The maximum absolute atomic E-state index is 11.7. The molecule has 0 fully saturated rings. The summed E-state index contributed by atoms with van der Waals surface area (Å²) in [6.45, 7) is 0. The molecule has 2 aromatic rings. The van der Waals surface area contributed by atoms with E-state index in [9.17, 15) is 18.0 Å². The summed E-state index contributed by atoms with van der Waals surface area (Å²) >= 11 is 1.01. The number of nitrogens with two attached hydrogens (primary N) is 1. The lowest BCUT2D eigenvalue weighted by Gasteiger charge is -2.08. The zero-order valence-corrected chi connectivity index (χ0v) is 15.0. The number of primary sulfonamides is 1. The van der Waals surface area contributed by atoms with Gasteiger partial charge in [0.1, 0.15) is 11.5 Å². The number of rotatable bonds is 8. The van der Waals surface area contributed by atoms with Crippen molar-refractivity contribution in [2.24, 2.45) is 5.14 Å². The van der Waals surface area contributed by atoms with Gasteiger partial charge in [-0.2, -0.15) is 0 Å². The van der Waals surface area contributed by atoms with Gasteiger partial charge in [-0.15, -0.1) is 11.8 Å². The normalized spacial score (nSPS) is 11.0. The number of hydrogen-bond donors (Lipinski definition) is 3. The maximum atomic E-state index is 11.7. The Morgan fingerprint density at radius 2 is 1.54 bits per heavy atom. The molecule has 0 aromatic heterocycles. The Morgan fingerprint density at radius 1 is 1.00 bits per heavy atom. The van der Waals surface area contributed by atoms with Gasteiger partial charge in [0.2, 0.25) is 15.9 Å². The number of amides is 1. The fourth-order valence-electron chi connectivity index (χ4n) is 1.87. The summed E-state index contributed by atoms with van der Waals surface area (Å²) in [4.78, 5) is 22.0. The van der Waals surface area contributed by atoms with Crippen molar-refractivity contribution in [1.29, 1.82) is 0 Å². The molecule has 0 unspecified atom stereocenters. The maximum Gasteiger partial charge on any atom is 0.313 e. The van der Waals surface area contributed by atoms with Crippen LogP contribution in [-0.4, -0.2) is 36.9 Å². The Morgan fingerprint density at radius 3 is 2.04 bits per heavy atom. The lowest BCUT2D eigenvalue weighted by molar-refractivity contribution is -0.133. The predicted molar refractivity (Wildman–Crippen MR) is 97.9 cm³/mol. The molecule has 26 heavy (non-hydrogen) atoms. The van der Waals surface area contributed by atoms with Crippen molar-refractivity contribution < 1.29 is 27.9 Å². The monoisotopic (exact) mass is 396 g/mol. The van der Waals surface area contributed by atoms with Gasteiger partial charge in [-0.1, -0.05) is 0 Å². The van der Waals surface area contributed by atoms with Gasteiger partial charge in [0, 0.05) is 5.69 Å². The second kappa shape index (κ2) is 8.70. The highest BCUT2D eigenvalue weighted by molar-refractivity contribution is 8.00. The van der Waals surface area contributed by atoms with Crippen LogP contribution < -0.4 is 15.2 Å². The van der Waals surface area contributed by atoms with Gasteiger partial charge >= 0.3 is 5.97 Å². The highest BCUT2D eigenvalue weighted by atomic mass is 32.2. The Balaban J connectivity index is 1.91. The largest absolute Gasteiger partial charge is 0.481 e. The van der Waals surface area contributed by atoms with Gasteiger partial charge in [0.05, 0.1) is 16.4 Å². The van der Waals surface area contributed by atoms with Crippen LogP contribution in [0, 0.1) is 0 Å². The van der Waals surface area contributed by atoms with Crippen molar-refractivity contribution in [2.75, 3.05) is 16.8 Å². The molecule has 0 spiro atoms. The molecule has 4 N–H and O–H groups in total. The average Bonchev–Trinajstić information content (AvgIpc) is 2.56. The third-order valence-corrected chi connectivity index (χ3v) is 4.83. The van der Waals surface area contributed by atoms with Gasteiger partial charge in [0.25, 0.3) is 0 Å². The number of benzene rings is 2. The molecule has 0 atom stereocenters. The Kier molecular flexibility index (Phi) is 6.61. The number of carbonyl (C=O) groups excluding carboxylic acids is 1. The highest BCUT2D eigenvalue weighted by Crippen LogP contribution is 2.24. The van der Waals surface area contributed by atoms with Crippen LogP contribution in [0.5, 0.6) is 11.5 Å². The highest BCUT2D eigenvalue weighted by Gasteiger charge is 2.08. The molecule has 0 radical (unpaired) electrons. The molecule has 0 bridgehead atoms. The van der Waals surface area contributed by atoms with Gasteiger partial charge in [-0.25, -0.2) is 13.6 Å². The number of carboxylic acid groups (broad SMARTS) is 1. The van der Waals surface area contributed by atoms with Gasteiger partial charge < -0.3 is 15.2 Å². The van der Waals surface area contributed by atoms with Crippen LogP contribution in [0.15, 0.2) is 53.4 Å². The molecule has 0 saturated heterocycles. The Hall–Kier alpha value is -2.56. The SMILES string of the molecule is NS(=O)(=O)c1ccc(Oc2ccc(NC(=O)CSCC(=O)O)cc2)cc1. The van der Waals surface area contributed by atoms with E-state index in [1.807, 2.05) is 0 Å². The fourth-order valence-corrected chi connectivity index (χ4v) is 2.92. The Labute approximate surface area is 154 Å². The first-order valence-electron chi connectivity index (χ1n) is 7.24. The number of aliphatic carboxylic acids is 1. The Bertz CT molecular complexity index is 880. The molecule has 1 amide bonds. The number of anilines is 1. The van der Waals surface area contributed by atoms with Crippen LogP contribution in [-0.2, 0) is 19.6 Å². The zero-order valence-electron chi connectivity index (χ0n) is 13.4. The molecular weight excluding hydrogens is 380 g/mol. The molecule has 0 aliphatic carbocycles. The van der Waals surface area contributed by atoms with Crippen LogP contribution in [0.3, 0.4) is 0 Å². The van der Waals surface area contributed by atoms with Crippen molar-refractivity contribution in [3.05, 3.63) is 48.5 Å². The third-order valence-electron chi connectivity index (χ3n) is 2.98. The van der Waals surface area contributed by atoms with E-state index in [1.54, 1.807) is 24.3 Å². The summed E-state index contributed by atoms with van der Waals surface area (Å²) in [7, 11) is -3.75. The lowest BCUT2D eigenvalue weighted by atomic mass is 10.3. The number of carboxylic acids is 1. The minimum Gasteiger partial charge on any atom is -0.481 e. The number of nitrogens with one attached hydrogen (secondary N) is 1. The molecule has 0 aliphatic heterocycles. The number of sulfonamides is 1. The van der Waals surface area contributed by atoms with Crippen LogP contribution >= 0.6 is 11.8 Å². The third kappa shape index (κ3) is 6.39. The second-order valence-corrected chi connectivity index (χ2v) is 7.62. The topological polar surface area (TPSA) is 136 Å². The van der Waals surface area contributed by atoms with E-state index in [-0.39, 0.29) is 22.3 Å². The average molecular weight is 396 g/mol. The van der Waals surface area contributed by atoms with Crippen molar-refractivity contribution >= 4 is 39.3 Å². The minimum absolute atomic E-state index is 0.0105. The fraction of sp³-hybridized carbons (Fsp3) is 0.125. The lowest BCUT2D eigenvalue weighted by Crippen LogP contribution is -2.15. The first-order chi connectivity index (χ1) is 12.2.